The van der Waals surface area contributed by atoms with E-state index in [1.165, 1.54) is 0 Å². The van der Waals surface area contributed by atoms with Crippen molar-refractivity contribution in [3.05, 3.63) is 47.7 Å². The molecule has 6 nitrogen and oxygen atoms in total. The van der Waals surface area contributed by atoms with Crippen molar-refractivity contribution >= 4 is 28.8 Å². The molecule has 0 aliphatic heterocycles. The van der Waals surface area contributed by atoms with Crippen LogP contribution in [0.4, 0.5) is 5.82 Å². The molecule has 1 aromatic carbocycles. The van der Waals surface area contributed by atoms with Crippen molar-refractivity contribution in [2.24, 2.45) is 5.41 Å². The summed E-state index contributed by atoms with van der Waals surface area (Å²) in [5.41, 5.74) is 1.42. The zero-order valence-electron chi connectivity index (χ0n) is 16.8. The number of nitrogens with zero attached hydrogens (tertiary/aromatic N) is 2. The highest BCUT2D eigenvalue weighted by molar-refractivity contribution is 5.96. The Morgan fingerprint density at radius 1 is 1.21 bits per heavy atom. The molecule has 0 aliphatic rings. The summed E-state index contributed by atoms with van der Waals surface area (Å²) >= 11 is 0. The minimum atomic E-state index is -0.919. The molecule has 146 valence electrons. The molecule has 2 heterocycles. The van der Waals surface area contributed by atoms with Crippen molar-refractivity contribution in [3.8, 4) is 11.6 Å². The molecule has 0 bridgehead atoms. The first kappa shape index (κ1) is 19.6. The summed E-state index contributed by atoms with van der Waals surface area (Å²) in [7, 11) is 0. The van der Waals surface area contributed by atoms with E-state index in [2.05, 4.69) is 15.3 Å². The van der Waals surface area contributed by atoms with Crippen LogP contribution in [0, 0.1) is 5.41 Å². The van der Waals surface area contributed by atoms with Crippen LogP contribution in [0.5, 0.6) is 0 Å². The van der Waals surface area contributed by atoms with Gasteiger partial charge < -0.3 is 14.8 Å². The minimum absolute atomic E-state index is 0.172. The van der Waals surface area contributed by atoms with Crippen LogP contribution >= 0.6 is 0 Å². The molecular formula is C22H25N3O3. The second kappa shape index (κ2) is 7.46. The van der Waals surface area contributed by atoms with Crippen molar-refractivity contribution < 1.29 is 14.3 Å². The average Bonchev–Trinajstić information content (AvgIpc) is 3.12. The number of benzene rings is 1. The van der Waals surface area contributed by atoms with Crippen LogP contribution in [0.2, 0.25) is 0 Å². The lowest BCUT2D eigenvalue weighted by Crippen LogP contribution is -2.17. The van der Waals surface area contributed by atoms with E-state index >= 15 is 0 Å². The smallest absolute Gasteiger partial charge is 0.332 e. The maximum Gasteiger partial charge on any atom is 0.332 e. The molecule has 0 spiro atoms. The number of carboxylic acid groups (broad SMARTS) is 1. The molecule has 0 unspecified atom stereocenters. The van der Waals surface area contributed by atoms with Crippen LogP contribution in [0.3, 0.4) is 0 Å². The van der Waals surface area contributed by atoms with Gasteiger partial charge in [-0.05, 0) is 55.2 Å². The lowest BCUT2D eigenvalue weighted by atomic mass is 9.85. The van der Waals surface area contributed by atoms with Crippen LogP contribution in [0.1, 0.15) is 40.2 Å². The Morgan fingerprint density at radius 3 is 2.54 bits per heavy atom. The number of nitrogens with one attached hydrogen (secondary N) is 1. The third-order valence-corrected chi connectivity index (χ3v) is 4.24. The van der Waals surface area contributed by atoms with Crippen molar-refractivity contribution in [1.82, 2.24) is 9.97 Å². The molecule has 2 N–H and O–H groups in total. The van der Waals surface area contributed by atoms with E-state index in [0.717, 1.165) is 16.5 Å². The van der Waals surface area contributed by atoms with Crippen molar-refractivity contribution in [3.63, 3.8) is 0 Å². The van der Waals surface area contributed by atoms with Gasteiger partial charge in [0.2, 0.25) is 0 Å². The van der Waals surface area contributed by atoms with Gasteiger partial charge in [-0.2, -0.15) is 0 Å². The Hall–Kier alpha value is -3.15. The molecule has 0 saturated heterocycles. The highest BCUT2D eigenvalue weighted by Gasteiger charge is 2.23. The van der Waals surface area contributed by atoms with E-state index in [-0.39, 0.29) is 6.04 Å². The van der Waals surface area contributed by atoms with E-state index in [0.29, 0.717) is 23.0 Å². The van der Waals surface area contributed by atoms with E-state index < -0.39 is 11.4 Å². The topological polar surface area (TPSA) is 88.3 Å². The van der Waals surface area contributed by atoms with Crippen LogP contribution in [0.25, 0.3) is 28.6 Å². The monoisotopic (exact) mass is 379 g/mol. The molecule has 0 aliphatic carbocycles. The summed E-state index contributed by atoms with van der Waals surface area (Å²) in [6.07, 6.45) is 3.30. The summed E-state index contributed by atoms with van der Waals surface area (Å²) in [5.74, 6) is 0.871. The van der Waals surface area contributed by atoms with Crippen LogP contribution in [0.15, 0.2) is 46.6 Å². The van der Waals surface area contributed by atoms with Gasteiger partial charge in [-0.3, -0.25) is 0 Å². The van der Waals surface area contributed by atoms with Gasteiger partial charge in [-0.1, -0.05) is 26.8 Å². The Bertz CT molecular complexity index is 1030. The molecule has 0 atom stereocenters. The fraction of sp³-hybridized carbons (Fsp3) is 0.318. The summed E-state index contributed by atoms with van der Waals surface area (Å²) in [6.45, 7) is 9.73. The summed E-state index contributed by atoms with van der Waals surface area (Å²) in [4.78, 5) is 20.9. The molecule has 3 aromatic rings. The average molecular weight is 379 g/mol. The minimum Gasteiger partial charge on any atom is -0.478 e. The molecule has 6 heteroatoms. The molecule has 0 amide bonds. The van der Waals surface area contributed by atoms with Crippen LogP contribution in [-0.4, -0.2) is 27.1 Å². The molecule has 28 heavy (non-hydrogen) atoms. The van der Waals surface area contributed by atoms with E-state index in [1.807, 2.05) is 58.9 Å². The number of aliphatic carboxylic acids is 1. The Balaban J connectivity index is 2.17. The van der Waals surface area contributed by atoms with E-state index in [4.69, 9.17) is 4.42 Å². The number of aromatic nitrogens is 2. The number of carboxylic acids is 1. The van der Waals surface area contributed by atoms with Crippen molar-refractivity contribution in [2.45, 2.75) is 40.7 Å². The second-order valence-corrected chi connectivity index (χ2v) is 8.06. The lowest BCUT2D eigenvalue weighted by molar-refractivity contribution is -0.133. The van der Waals surface area contributed by atoms with Crippen molar-refractivity contribution in [1.29, 1.82) is 0 Å². The van der Waals surface area contributed by atoms with Crippen LogP contribution in [-0.2, 0) is 4.79 Å². The number of anilines is 1. The number of hydrogen-bond acceptors (Lipinski definition) is 5. The number of carbonyl (C=O) groups is 1. The van der Waals surface area contributed by atoms with Gasteiger partial charge in [-0.25, -0.2) is 14.8 Å². The zero-order valence-corrected chi connectivity index (χ0v) is 16.8. The van der Waals surface area contributed by atoms with Gasteiger partial charge in [0, 0.05) is 17.0 Å². The Kier molecular flexibility index (Phi) is 5.23. The predicted molar refractivity (Wildman–Crippen MR) is 111 cm³/mol. The predicted octanol–water partition coefficient (Wildman–Crippen LogP) is 5.22. The number of rotatable bonds is 5. The largest absolute Gasteiger partial charge is 0.478 e. The Morgan fingerprint density at radius 2 is 1.96 bits per heavy atom. The van der Waals surface area contributed by atoms with Gasteiger partial charge in [0.1, 0.15) is 5.82 Å². The summed E-state index contributed by atoms with van der Waals surface area (Å²) < 4.78 is 5.44. The summed E-state index contributed by atoms with van der Waals surface area (Å²) in [5, 5.41) is 13.8. The number of fused-ring (bicyclic) bond motifs is 1. The highest BCUT2D eigenvalue weighted by Crippen LogP contribution is 2.30. The second-order valence-electron chi connectivity index (χ2n) is 8.06. The standard InChI is InChI=1S/C22H25N3O3/c1-13(2)23-19-15-11-14(12-16(21(26)27)22(3,4)5)8-9-17(15)24-20(25-19)18-7-6-10-28-18/h6-13H,1-5H3,(H,26,27)(H,23,24,25). The zero-order chi connectivity index (χ0) is 20.5. The molecule has 0 fully saturated rings. The molecule has 0 saturated carbocycles. The van der Waals surface area contributed by atoms with E-state index in [1.54, 1.807) is 18.4 Å². The SMILES string of the molecule is CC(C)Nc1nc(-c2ccco2)nc2ccc(C=C(C(=O)O)C(C)(C)C)cc12. The first-order chi connectivity index (χ1) is 13.1. The lowest BCUT2D eigenvalue weighted by Gasteiger charge is -2.19. The highest BCUT2D eigenvalue weighted by atomic mass is 16.4. The van der Waals surface area contributed by atoms with Gasteiger partial charge in [0.15, 0.2) is 11.6 Å². The first-order valence-corrected chi connectivity index (χ1v) is 9.23. The molecule has 2 aromatic heterocycles. The Labute approximate surface area is 164 Å². The third-order valence-electron chi connectivity index (χ3n) is 4.24. The molecule has 3 rings (SSSR count). The van der Waals surface area contributed by atoms with Gasteiger partial charge in [-0.15, -0.1) is 0 Å². The number of furan rings is 1. The third kappa shape index (κ3) is 4.22. The fourth-order valence-electron chi connectivity index (χ4n) is 2.90. The maximum atomic E-state index is 11.7. The number of hydrogen-bond donors (Lipinski definition) is 2. The molecular weight excluding hydrogens is 354 g/mol. The summed E-state index contributed by atoms with van der Waals surface area (Å²) in [6, 6.07) is 9.45. The quantitative estimate of drug-likeness (QED) is 0.591. The van der Waals surface area contributed by atoms with Gasteiger partial charge in [0.25, 0.3) is 0 Å². The molecule has 0 radical (unpaired) electrons. The van der Waals surface area contributed by atoms with Gasteiger partial charge in [0.05, 0.1) is 11.8 Å². The van der Waals surface area contributed by atoms with E-state index in [9.17, 15) is 9.90 Å². The van der Waals surface area contributed by atoms with Crippen molar-refractivity contribution in [2.75, 3.05) is 5.32 Å². The fourth-order valence-corrected chi connectivity index (χ4v) is 2.90. The normalized spacial score (nSPS) is 12.6. The van der Waals surface area contributed by atoms with Crippen LogP contribution < -0.4 is 5.32 Å². The first-order valence-electron chi connectivity index (χ1n) is 9.23. The van der Waals surface area contributed by atoms with Gasteiger partial charge >= 0.3 is 5.97 Å². The maximum absolute atomic E-state index is 11.7.